The summed E-state index contributed by atoms with van der Waals surface area (Å²) in [7, 11) is 4.35. The molecule has 0 saturated carbocycles. The molecule has 0 unspecified atom stereocenters. The monoisotopic (exact) mass is 158 g/mol. The quantitative estimate of drug-likeness (QED) is 0.552. The predicted molar refractivity (Wildman–Crippen MR) is 54.7 cm³/mol. The number of nitrogens with zero attached hydrogens (tertiary/aromatic N) is 1. The van der Waals surface area contributed by atoms with E-state index in [4.69, 9.17) is 0 Å². The minimum Gasteiger partial charge on any atom is -0.374 e. The van der Waals surface area contributed by atoms with Gasteiger partial charge in [0.15, 0.2) is 7.28 Å². The molecule has 61 valence electrons. The molecule has 1 aliphatic heterocycles. The Morgan fingerprint density at radius 1 is 1.42 bits per heavy atom. The summed E-state index contributed by atoms with van der Waals surface area (Å²) in [5.41, 5.74) is 4.29. The highest BCUT2D eigenvalue weighted by molar-refractivity contribution is 6.54. The van der Waals surface area contributed by atoms with Crippen LogP contribution in [0, 0.1) is 0 Å². The predicted octanol–water partition coefficient (Wildman–Crippen LogP) is 1.06. The van der Waals surface area contributed by atoms with Gasteiger partial charge in [0.2, 0.25) is 0 Å². The van der Waals surface area contributed by atoms with E-state index >= 15 is 0 Å². The van der Waals surface area contributed by atoms with Gasteiger partial charge in [-0.25, -0.2) is 0 Å². The van der Waals surface area contributed by atoms with Crippen molar-refractivity contribution < 1.29 is 0 Å². The fourth-order valence-electron chi connectivity index (χ4n) is 1.91. The Morgan fingerprint density at radius 3 is 3.00 bits per heavy atom. The Balaban J connectivity index is 2.53. The van der Waals surface area contributed by atoms with Crippen molar-refractivity contribution in [3.63, 3.8) is 0 Å². The van der Waals surface area contributed by atoms with Gasteiger partial charge in [0, 0.05) is 19.3 Å². The Kier molecular flexibility index (Phi) is 1.83. The molecule has 0 N–H and O–H groups in total. The lowest BCUT2D eigenvalue weighted by atomic mass is 9.72. The summed E-state index contributed by atoms with van der Waals surface area (Å²) in [6.07, 6.45) is 1.20. The number of rotatable bonds is 1. The molecule has 1 aromatic carbocycles. The van der Waals surface area contributed by atoms with Gasteiger partial charge in [-0.3, -0.25) is 0 Å². The number of benzene rings is 1. The number of fused-ring (bicyclic) bond motifs is 1. The lowest BCUT2D eigenvalue weighted by molar-refractivity contribution is 0.957. The van der Waals surface area contributed by atoms with E-state index in [9.17, 15) is 0 Å². The molecule has 0 aliphatic carbocycles. The minimum absolute atomic E-state index is 1.17. The van der Waals surface area contributed by atoms with Crippen LogP contribution in [-0.4, -0.2) is 20.9 Å². The van der Waals surface area contributed by atoms with Crippen molar-refractivity contribution in [1.29, 1.82) is 0 Å². The van der Waals surface area contributed by atoms with Crippen LogP contribution >= 0.6 is 0 Å². The normalized spacial score (nSPS) is 14.7. The second-order valence-corrected chi connectivity index (χ2v) is 3.32. The van der Waals surface area contributed by atoms with Gasteiger partial charge in [-0.1, -0.05) is 30.5 Å². The highest BCUT2D eigenvalue weighted by Gasteiger charge is 2.17. The molecule has 12 heavy (non-hydrogen) atoms. The maximum absolute atomic E-state index is 2.34. The van der Waals surface area contributed by atoms with Gasteiger partial charge in [-0.15, -0.1) is 0 Å². The van der Waals surface area contributed by atoms with Crippen LogP contribution in [0.5, 0.6) is 0 Å². The summed E-state index contributed by atoms with van der Waals surface area (Å²) >= 11 is 0. The standard InChI is InChI=1S/C10H13BN/c1-11-9-5-3-4-8-6-7-12(2)10(8)9/h3-5H,6-7H2,1-2H3. The number of para-hydroxylation sites is 1. The van der Waals surface area contributed by atoms with Gasteiger partial charge >= 0.3 is 0 Å². The molecular formula is C10H13BN. The highest BCUT2D eigenvalue weighted by Crippen LogP contribution is 2.23. The first-order valence-corrected chi connectivity index (χ1v) is 4.45. The van der Waals surface area contributed by atoms with Gasteiger partial charge in [0.25, 0.3) is 0 Å². The average molecular weight is 158 g/mol. The lowest BCUT2D eigenvalue weighted by Gasteiger charge is -2.15. The average Bonchev–Trinajstić information content (AvgIpc) is 2.48. The van der Waals surface area contributed by atoms with Gasteiger partial charge in [-0.2, -0.15) is 0 Å². The van der Waals surface area contributed by atoms with Crippen molar-refractivity contribution in [3.05, 3.63) is 23.8 Å². The molecule has 1 heterocycles. The molecule has 0 saturated heterocycles. The van der Waals surface area contributed by atoms with Crippen molar-refractivity contribution >= 4 is 18.4 Å². The van der Waals surface area contributed by atoms with E-state index in [2.05, 4.69) is 44.2 Å². The fraction of sp³-hybridized carbons (Fsp3) is 0.400. The summed E-state index contributed by atoms with van der Waals surface area (Å²) in [6.45, 7) is 3.27. The van der Waals surface area contributed by atoms with Crippen molar-refractivity contribution in [2.75, 3.05) is 18.5 Å². The summed E-state index contributed by atoms with van der Waals surface area (Å²) < 4.78 is 0. The van der Waals surface area contributed by atoms with E-state index in [0.717, 1.165) is 0 Å². The third-order valence-corrected chi connectivity index (χ3v) is 2.56. The molecule has 0 amide bonds. The van der Waals surface area contributed by atoms with Gasteiger partial charge < -0.3 is 4.90 Å². The second-order valence-electron chi connectivity index (χ2n) is 3.32. The first-order valence-electron chi connectivity index (χ1n) is 4.45. The molecule has 0 aromatic heterocycles. The van der Waals surface area contributed by atoms with Crippen molar-refractivity contribution in [2.45, 2.75) is 13.2 Å². The number of anilines is 1. The van der Waals surface area contributed by atoms with Crippen LogP contribution in [0.25, 0.3) is 0 Å². The number of hydrogen-bond donors (Lipinski definition) is 0. The van der Waals surface area contributed by atoms with Crippen molar-refractivity contribution in [3.8, 4) is 0 Å². The second kappa shape index (κ2) is 2.85. The van der Waals surface area contributed by atoms with E-state index in [0.29, 0.717) is 0 Å². The molecule has 1 aliphatic rings. The van der Waals surface area contributed by atoms with Crippen LogP contribution in [0.3, 0.4) is 0 Å². The zero-order valence-corrected chi connectivity index (χ0v) is 7.67. The Labute approximate surface area is 74.6 Å². The Hall–Kier alpha value is -0.915. The zero-order chi connectivity index (χ0) is 8.55. The maximum Gasteiger partial charge on any atom is 0.151 e. The molecule has 1 nitrogen and oxygen atoms in total. The summed E-state index contributed by atoms with van der Waals surface area (Å²) in [5, 5.41) is 0. The fourth-order valence-corrected chi connectivity index (χ4v) is 1.91. The largest absolute Gasteiger partial charge is 0.374 e. The molecule has 2 heteroatoms. The summed E-state index contributed by atoms with van der Waals surface area (Å²) in [4.78, 5) is 2.34. The van der Waals surface area contributed by atoms with Gasteiger partial charge in [0.05, 0.1) is 0 Å². The molecule has 0 fully saturated rings. The van der Waals surface area contributed by atoms with Crippen LogP contribution < -0.4 is 10.4 Å². The van der Waals surface area contributed by atoms with E-state index in [1.165, 1.54) is 29.7 Å². The van der Waals surface area contributed by atoms with Crippen LogP contribution in [-0.2, 0) is 6.42 Å². The third-order valence-electron chi connectivity index (χ3n) is 2.56. The Morgan fingerprint density at radius 2 is 2.25 bits per heavy atom. The van der Waals surface area contributed by atoms with Crippen LogP contribution in [0.4, 0.5) is 5.69 Å². The minimum atomic E-state index is 1.17. The van der Waals surface area contributed by atoms with Crippen LogP contribution in [0.15, 0.2) is 18.2 Å². The Bertz CT molecular complexity index is 296. The smallest absolute Gasteiger partial charge is 0.151 e. The van der Waals surface area contributed by atoms with E-state index < -0.39 is 0 Å². The van der Waals surface area contributed by atoms with Gasteiger partial charge in [0.1, 0.15) is 0 Å². The molecule has 1 radical (unpaired) electrons. The third kappa shape index (κ3) is 1.02. The molecule has 2 rings (SSSR count). The lowest BCUT2D eigenvalue weighted by Crippen LogP contribution is -2.22. The van der Waals surface area contributed by atoms with Gasteiger partial charge in [-0.05, 0) is 12.0 Å². The molecule has 0 spiro atoms. The SMILES string of the molecule is C[B]c1cccc2c1N(C)CC2. The molecule has 0 bridgehead atoms. The van der Waals surface area contributed by atoms with Crippen molar-refractivity contribution in [1.82, 2.24) is 0 Å². The number of likely N-dealkylation sites (N-methyl/N-ethyl adjacent to an activating group) is 1. The molecule has 1 aromatic rings. The number of hydrogen-bond acceptors (Lipinski definition) is 1. The molecular weight excluding hydrogens is 145 g/mol. The van der Waals surface area contributed by atoms with Crippen LogP contribution in [0.1, 0.15) is 5.56 Å². The van der Waals surface area contributed by atoms with Crippen LogP contribution in [0.2, 0.25) is 6.82 Å². The molecule has 0 atom stereocenters. The summed E-state index contributed by atoms with van der Waals surface area (Å²) in [6, 6.07) is 6.56. The van der Waals surface area contributed by atoms with E-state index in [1.807, 2.05) is 0 Å². The van der Waals surface area contributed by atoms with Crippen molar-refractivity contribution in [2.24, 2.45) is 0 Å². The highest BCUT2D eigenvalue weighted by atomic mass is 15.1. The first-order chi connectivity index (χ1) is 5.83. The first kappa shape index (κ1) is 7.72. The van der Waals surface area contributed by atoms with E-state index in [-0.39, 0.29) is 0 Å². The topological polar surface area (TPSA) is 3.24 Å². The maximum atomic E-state index is 2.34. The van der Waals surface area contributed by atoms with E-state index in [1.54, 1.807) is 0 Å². The summed E-state index contributed by atoms with van der Waals surface area (Å²) in [5.74, 6) is 0. The zero-order valence-electron chi connectivity index (χ0n) is 7.67.